The minimum Gasteiger partial charge on any atom is -0.342 e. The maximum atomic E-state index is 11.9. The van der Waals surface area contributed by atoms with Crippen LogP contribution in [0.5, 0.6) is 0 Å². The van der Waals surface area contributed by atoms with Crippen molar-refractivity contribution in [2.75, 3.05) is 11.9 Å². The number of carbonyl (C=O) groups is 2. The van der Waals surface area contributed by atoms with Gasteiger partial charge in [0.05, 0.1) is 6.54 Å². The van der Waals surface area contributed by atoms with E-state index in [1.165, 1.54) is 12.3 Å². The van der Waals surface area contributed by atoms with Gasteiger partial charge in [0, 0.05) is 21.4 Å². The molecule has 0 fully saturated rings. The molecule has 1 aromatic carbocycles. The molecule has 0 atom stereocenters. The Bertz CT molecular complexity index is 722. The number of hydrogen-bond acceptors (Lipinski definition) is 3. The van der Waals surface area contributed by atoms with E-state index in [9.17, 15) is 9.59 Å². The third-order valence-corrected chi connectivity index (χ3v) is 3.56. The topological polar surface area (TPSA) is 71.1 Å². The Morgan fingerprint density at radius 1 is 1.27 bits per heavy atom. The van der Waals surface area contributed by atoms with Crippen molar-refractivity contribution in [1.82, 2.24) is 10.3 Å². The molecule has 0 saturated carbocycles. The lowest BCUT2D eigenvalue weighted by Gasteiger charge is -2.09. The molecule has 0 aliphatic heterocycles. The third-order valence-electron chi connectivity index (χ3n) is 2.83. The van der Waals surface area contributed by atoms with Crippen LogP contribution in [-0.2, 0) is 4.79 Å². The van der Waals surface area contributed by atoms with Gasteiger partial charge in [0.2, 0.25) is 5.91 Å². The Morgan fingerprint density at radius 3 is 2.73 bits per heavy atom. The molecule has 0 radical (unpaired) electrons. The second-order valence-electron chi connectivity index (χ2n) is 4.55. The summed E-state index contributed by atoms with van der Waals surface area (Å²) >= 11 is 9.14. The molecule has 2 aromatic rings. The molecule has 7 heteroatoms. The lowest BCUT2D eigenvalue weighted by Crippen LogP contribution is -2.33. The van der Waals surface area contributed by atoms with E-state index in [-0.39, 0.29) is 18.1 Å². The van der Waals surface area contributed by atoms with E-state index < -0.39 is 5.91 Å². The average molecular weight is 383 g/mol. The number of aromatic nitrogens is 1. The van der Waals surface area contributed by atoms with Crippen LogP contribution in [0.4, 0.5) is 5.69 Å². The minimum atomic E-state index is -0.454. The van der Waals surface area contributed by atoms with Gasteiger partial charge in [-0.3, -0.25) is 14.6 Å². The zero-order chi connectivity index (χ0) is 16.1. The van der Waals surface area contributed by atoms with Crippen LogP contribution < -0.4 is 10.6 Å². The highest BCUT2D eigenvalue weighted by molar-refractivity contribution is 9.10. The smallest absolute Gasteiger partial charge is 0.270 e. The van der Waals surface area contributed by atoms with Crippen LogP contribution in [0.2, 0.25) is 5.02 Å². The van der Waals surface area contributed by atoms with E-state index in [0.29, 0.717) is 10.7 Å². The first-order valence-electron chi connectivity index (χ1n) is 6.41. The lowest BCUT2D eigenvalue weighted by atomic mass is 10.2. The number of amides is 2. The van der Waals surface area contributed by atoms with E-state index in [4.69, 9.17) is 11.6 Å². The highest BCUT2D eigenvalue weighted by Crippen LogP contribution is 2.19. The molecule has 0 spiro atoms. The van der Waals surface area contributed by atoms with Crippen molar-refractivity contribution in [3.8, 4) is 0 Å². The van der Waals surface area contributed by atoms with Gasteiger partial charge in [-0.2, -0.15) is 0 Å². The first-order valence-corrected chi connectivity index (χ1v) is 7.58. The van der Waals surface area contributed by atoms with Gasteiger partial charge in [-0.15, -0.1) is 0 Å². The average Bonchev–Trinajstić information content (AvgIpc) is 2.47. The Balaban J connectivity index is 1.91. The van der Waals surface area contributed by atoms with Gasteiger partial charge in [0.1, 0.15) is 5.69 Å². The summed E-state index contributed by atoms with van der Waals surface area (Å²) in [6, 6.07) is 8.52. The summed E-state index contributed by atoms with van der Waals surface area (Å²) in [5.74, 6) is -0.772. The first-order chi connectivity index (χ1) is 10.5. The van der Waals surface area contributed by atoms with Gasteiger partial charge in [-0.1, -0.05) is 27.5 Å². The largest absolute Gasteiger partial charge is 0.342 e. The third kappa shape index (κ3) is 4.54. The van der Waals surface area contributed by atoms with Gasteiger partial charge < -0.3 is 10.6 Å². The number of halogens is 2. The highest BCUT2D eigenvalue weighted by atomic mass is 79.9. The summed E-state index contributed by atoms with van der Waals surface area (Å²) in [6.07, 6.45) is 1.43. The van der Waals surface area contributed by atoms with E-state index >= 15 is 0 Å². The van der Waals surface area contributed by atoms with Crippen molar-refractivity contribution in [2.45, 2.75) is 6.92 Å². The Morgan fingerprint density at radius 2 is 2.05 bits per heavy atom. The van der Waals surface area contributed by atoms with Crippen molar-refractivity contribution >= 4 is 45.0 Å². The van der Waals surface area contributed by atoms with Gasteiger partial charge in [0.15, 0.2) is 0 Å². The van der Waals surface area contributed by atoms with E-state index in [1.54, 1.807) is 12.1 Å². The first kappa shape index (κ1) is 16.5. The van der Waals surface area contributed by atoms with Crippen molar-refractivity contribution < 1.29 is 9.59 Å². The van der Waals surface area contributed by atoms with E-state index in [1.807, 2.05) is 19.1 Å². The molecule has 114 valence electrons. The predicted molar refractivity (Wildman–Crippen MR) is 89.1 cm³/mol. The number of rotatable bonds is 4. The van der Waals surface area contributed by atoms with Gasteiger partial charge in [0.25, 0.3) is 5.91 Å². The number of nitrogens with zero attached hydrogens (tertiary/aromatic N) is 1. The summed E-state index contributed by atoms with van der Waals surface area (Å²) in [6.45, 7) is 1.73. The molecule has 1 aromatic heterocycles. The Kier molecular flexibility index (Phi) is 5.51. The Hall–Kier alpha value is -1.92. The lowest BCUT2D eigenvalue weighted by molar-refractivity contribution is -0.115. The predicted octanol–water partition coefficient (Wildman–Crippen LogP) is 3.17. The molecule has 2 rings (SSSR count). The molecule has 2 amide bonds. The molecule has 22 heavy (non-hydrogen) atoms. The number of hydrogen-bond donors (Lipinski definition) is 2. The van der Waals surface area contributed by atoms with Crippen LogP contribution in [0.1, 0.15) is 16.1 Å². The summed E-state index contributed by atoms with van der Waals surface area (Å²) in [5.41, 5.74) is 1.79. The molecule has 1 heterocycles. The fourth-order valence-corrected chi connectivity index (χ4v) is 2.38. The Labute approximate surface area is 141 Å². The summed E-state index contributed by atoms with van der Waals surface area (Å²) in [5, 5.41) is 5.64. The monoisotopic (exact) mass is 381 g/mol. The molecule has 0 saturated heterocycles. The molecular weight excluding hydrogens is 370 g/mol. The van der Waals surface area contributed by atoms with Gasteiger partial charge >= 0.3 is 0 Å². The van der Waals surface area contributed by atoms with E-state index in [0.717, 1.165) is 10.0 Å². The maximum Gasteiger partial charge on any atom is 0.270 e. The molecular formula is C15H13BrClN3O2. The molecule has 2 N–H and O–H groups in total. The number of benzene rings is 1. The summed E-state index contributed by atoms with van der Waals surface area (Å²) < 4.78 is 0.934. The van der Waals surface area contributed by atoms with Gasteiger partial charge in [-0.05, 0) is 42.8 Å². The molecule has 5 nitrogen and oxygen atoms in total. The molecule has 0 bridgehead atoms. The number of nitrogens with one attached hydrogen (secondary N) is 2. The number of aryl methyl sites for hydroxylation is 1. The van der Waals surface area contributed by atoms with Crippen LogP contribution in [0, 0.1) is 6.92 Å². The van der Waals surface area contributed by atoms with Crippen molar-refractivity contribution in [2.24, 2.45) is 0 Å². The zero-order valence-electron chi connectivity index (χ0n) is 11.7. The summed E-state index contributed by atoms with van der Waals surface area (Å²) in [4.78, 5) is 27.6. The number of pyridine rings is 1. The van der Waals surface area contributed by atoms with Crippen molar-refractivity contribution in [1.29, 1.82) is 0 Å². The van der Waals surface area contributed by atoms with Crippen molar-refractivity contribution in [3.05, 3.63) is 57.3 Å². The van der Waals surface area contributed by atoms with Crippen LogP contribution in [0.15, 0.2) is 41.0 Å². The van der Waals surface area contributed by atoms with Crippen LogP contribution >= 0.6 is 27.5 Å². The SMILES string of the molecule is Cc1cc(Br)ccc1NC(=O)CNC(=O)c1cc(Cl)ccn1. The second-order valence-corrected chi connectivity index (χ2v) is 5.90. The van der Waals surface area contributed by atoms with Crippen LogP contribution in [0.25, 0.3) is 0 Å². The molecule has 0 aliphatic carbocycles. The molecule has 0 unspecified atom stereocenters. The molecule has 0 aliphatic rings. The minimum absolute atomic E-state index is 0.150. The fourth-order valence-electron chi connectivity index (χ4n) is 1.74. The maximum absolute atomic E-state index is 11.9. The van der Waals surface area contributed by atoms with E-state index in [2.05, 4.69) is 31.5 Å². The fraction of sp³-hybridized carbons (Fsp3) is 0.133. The quantitative estimate of drug-likeness (QED) is 0.853. The standard InChI is InChI=1S/C15H13BrClN3O2/c1-9-6-10(16)2-3-12(9)20-14(21)8-19-15(22)13-7-11(17)4-5-18-13/h2-7H,8H2,1H3,(H,19,22)(H,20,21). The highest BCUT2D eigenvalue weighted by Gasteiger charge is 2.10. The summed E-state index contributed by atoms with van der Waals surface area (Å²) in [7, 11) is 0. The van der Waals surface area contributed by atoms with Gasteiger partial charge in [-0.25, -0.2) is 0 Å². The second kappa shape index (κ2) is 7.38. The van der Waals surface area contributed by atoms with Crippen LogP contribution in [-0.4, -0.2) is 23.3 Å². The normalized spacial score (nSPS) is 10.1. The van der Waals surface area contributed by atoms with Crippen LogP contribution in [0.3, 0.4) is 0 Å². The van der Waals surface area contributed by atoms with Crippen molar-refractivity contribution in [3.63, 3.8) is 0 Å². The number of carbonyl (C=O) groups excluding carboxylic acids is 2. The zero-order valence-corrected chi connectivity index (χ0v) is 14.0. The number of anilines is 1.